The van der Waals surface area contributed by atoms with Crippen molar-refractivity contribution in [1.29, 1.82) is 0 Å². The van der Waals surface area contributed by atoms with Gasteiger partial charge in [0.25, 0.3) is 0 Å². The summed E-state index contributed by atoms with van der Waals surface area (Å²) in [5.74, 6) is 0. The van der Waals surface area contributed by atoms with Gasteiger partial charge in [-0.25, -0.2) is 0 Å². The number of benzene rings is 4. The smallest absolute Gasteiger partial charge is 0.00206 e. The number of rotatable bonds is 0. The van der Waals surface area contributed by atoms with E-state index in [1.807, 2.05) is 0 Å². The highest BCUT2D eigenvalue weighted by Gasteiger charge is 2.17. The Morgan fingerprint density at radius 3 is 2.16 bits per heavy atom. The van der Waals surface area contributed by atoms with E-state index in [2.05, 4.69) is 60.7 Å². The Bertz CT molecular complexity index is 973. The molecular formula is C19H12. The van der Waals surface area contributed by atoms with E-state index in [0.717, 1.165) is 6.42 Å². The number of fused-ring (bicyclic) bond motifs is 3. The number of allylic oxidation sites excluding steroid dienone is 1. The Labute approximate surface area is 111 Å². The minimum Gasteiger partial charge on any atom is -0.0795 e. The molecule has 0 heterocycles. The summed E-state index contributed by atoms with van der Waals surface area (Å²) in [4.78, 5) is 0. The fourth-order valence-electron chi connectivity index (χ4n) is 3.64. The van der Waals surface area contributed by atoms with Crippen LogP contribution in [0.25, 0.3) is 38.4 Å². The van der Waals surface area contributed by atoms with Gasteiger partial charge in [-0.2, -0.15) is 0 Å². The normalized spacial score (nSPS) is 13.9. The van der Waals surface area contributed by atoms with Crippen LogP contribution in [0.3, 0.4) is 0 Å². The molecule has 0 aromatic heterocycles. The van der Waals surface area contributed by atoms with E-state index in [1.54, 1.807) is 0 Å². The molecule has 0 heteroatoms. The van der Waals surface area contributed by atoms with E-state index >= 15 is 0 Å². The van der Waals surface area contributed by atoms with E-state index in [-0.39, 0.29) is 0 Å². The van der Waals surface area contributed by atoms with E-state index in [9.17, 15) is 0 Å². The fourth-order valence-corrected chi connectivity index (χ4v) is 3.64. The topological polar surface area (TPSA) is 0 Å². The summed E-state index contributed by atoms with van der Waals surface area (Å²) in [5.41, 5.74) is 2.92. The van der Waals surface area contributed by atoms with Gasteiger partial charge in [0.1, 0.15) is 0 Å². The Kier molecular flexibility index (Phi) is 1.59. The summed E-state index contributed by atoms with van der Waals surface area (Å²) in [5, 5.41) is 8.42. The second kappa shape index (κ2) is 3.16. The Balaban J connectivity index is 2.26. The van der Waals surface area contributed by atoms with Crippen LogP contribution in [0.1, 0.15) is 11.1 Å². The lowest BCUT2D eigenvalue weighted by atomic mass is 9.88. The maximum absolute atomic E-state index is 2.29. The van der Waals surface area contributed by atoms with Crippen molar-refractivity contribution in [2.75, 3.05) is 0 Å². The van der Waals surface area contributed by atoms with E-state index in [4.69, 9.17) is 0 Å². The molecule has 4 aromatic rings. The van der Waals surface area contributed by atoms with Crippen molar-refractivity contribution < 1.29 is 0 Å². The standard InChI is InChI=1S/C19H12/c1-4-12-10-11-13-5-2-9-17-15-7-3-6-14(15)16(8-1)18(12)19(13)17/h1-6,8-11H,7H2. The minimum absolute atomic E-state index is 1.07. The third-order valence-corrected chi connectivity index (χ3v) is 4.43. The Morgan fingerprint density at radius 1 is 0.684 bits per heavy atom. The first-order chi connectivity index (χ1) is 9.43. The zero-order chi connectivity index (χ0) is 12.4. The largest absolute Gasteiger partial charge is 0.0795 e. The van der Waals surface area contributed by atoms with Gasteiger partial charge in [-0.15, -0.1) is 0 Å². The quantitative estimate of drug-likeness (QED) is 0.373. The first-order valence-electron chi connectivity index (χ1n) is 6.78. The molecule has 4 aromatic carbocycles. The highest BCUT2D eigenvalue weighted by Crippen LogP contribution is 2.41. The van der Waals surface area contributed by atoms with Gasteiger partial charge in [0.05, 0.1) is 0 Å². The molecule has 5 rings (SSSR count). The van der Waals surface area contributed by atoms with Crippen LogP contribution in [0, 0.1) is 0 Å². The molecular weight excluding hydrogens is 228 g/mol. The van der Waals surface area contributed by atoms with Gasteiger partial charge in [0, 0.05) is 0 Å². The molecule has 0 saturated heterocycles. The van der Waals surface area contributed by atoms with Crippen molar-refractivity contribution in [2.45, 2.75) is 6.42 Å². The van der Waals surface area contributed by atoms with Crippen molar-refractivity contribution in [3.63, 3.8) is 0 Å². The minimum atomic E-state index is 1.07. The van der Waals surface area contributed by atoms with Crippen LogP contribution in [0.4, 0.5) is 0 Å². The van der Waals surface area contributed by atoms with Gasteiger partial charge in [-0.05, 0) is 49.9 Å². The monoisotopic (exact) mass is 240 g/mol. The number of hydrogen-bond donors (Lipinski definition) is 0. The molecule has 0 fully saturated rings. The molecule has 0 atom stereocenters. The van der Waals surface area contributed by atoms with Crippen LogP contribution in [0.15, 0.2) is 54.6 Å². The molecule has 0 saturated carbocycles. The van der Waals surface area contributed by atoms with Gasteiger partial charge < -0.3 is 0 Å². The maximum Gasteiger partial charge on any atom is -0.00206 e. The molecule has 0 nitrogen and oxygen atoms in total. The molecule has 0 spiro atoms. The molecule has 1 aliphatic carbocycles. The lowest BCUT2D eigenvalue weighted by Gasteiger charge is -2.15. The molecule has 0 bridgehead atoms. The predicted molar refractivity (Wildman–Crippen MR) is 82.9 cm³/mol. The lowest BCUT2D eigenvalue weighted by molar-refractivity contribution is 1.35. The summed E-state index contributed by atoms with van der Waals surface area (Å²) in [6, 6.07) is 17.8. The fraction of sp³-hybridized carbons (Fsp3) is 0.0526. The summed E-state index contributed by atoms with van der Waals surface area (Å²) in [6.07, 6.45) is 5.65. The average Bonchev–Trinajstić information content (AvgIpc) is 2.95. The van der Waals surface area contributed by atoms with Crippen LogP contribution < -0.4 is 0 Å². The van der Waals surface area contributed by atoms with Crippen LogP contribution in [0.2, 0.25) is 0 Å². The van der Waals surface area contributed by atoms with Crippen molar-refractivity contribution >= 4 is 38.4 Å². The summed E-state index contributed by atoms with van der Waals surface area (Å²) < 4.78 is 0. The van der Waals surface area contributed by atoms with Crippen molar-refractivity contribution in [1.82, 2.24) is 0 Å². The highest BCUT2D eigenvalue weighted by atomic mass is 14.2. The van der Waals surface area contributed by atoms with Crippen LogP contribution in [0.5, 0.6) is 0 Å². The van der Waals surface area contributed by atoms with Crippen LogP contribution >= 0.6 is 0 Å². The second-order valence-electron chi connectivity index (χ2n) is 5.37. The maximum atomic E-state index is 2.29. The van der Waals surface area contributed by atoms with Gasteiger partial charge in [0.2, 0.25) is 0 Å². The van der Waals surface area contributed by atoms with E-state index in [0.29, 0.717) is 0 Å². The third-order valence-electron chi connectivity index (χ3n) is 4.43. The molecule has 0 aliphatic heterocycles. The second-order valence-corrected chi connectivity index (χ2v) is 5.37. The summed E-state index contributed by atoms with van der Waals surface area (Å²) in [7, 11) is 0. The van der Waals surface area contributed by atoms with Crippen molar-refractivity contribution in [3.05, 3.63) is 65.7 Å². The number of hydrogen-bond acceptors (Lipinski definition) is 0. The van der Waals surface area contributed by atoms with Crippen molar-refractivity contribution in [2.24, 2.45) is 0 Å². The van der Waals surface area contributed by atoms with Gasteiger partial charge >= 0.3 is 0 Å². The lowest BCUT2D eigenvalue weighted by Crippen LogP contribution is -1.91. The Hall–Kier alpha value is -2.34. The highest BCUT2D eigenvalue weighted by molar-refractivity contribution is 6.26. The SMILES string of the molecule is C1=Cc2c(c3cccc4ccc5cccc2c5c43)C1. The first-order valence-corrected chi connectivity index (χ1v) is 6.78. The summed E-state index contributed by atoms with van der Waals surface area (Å²) in [6.45, 7) is 0. The third kappa shape index (κ3) is 1.05. The zero-order valence-electron chi connectivity index (χ0n) is 10.5. The van der Waals surface area contributed by atoms with Gasteiger partial charge in [0.15, 0.2) is 0 Å². The first kappa shape index (κ1) is 9.57. The van der Waals surface area contributed by atoms with Crippen LogP contribution in [-0.4, -0.2) is 0 Å². The van der Waals surface area contributed by atoms with Crippen LogP contribution in [-0.2, 0) is 6.42 Å². The summed E-state index contributed by atoms with van der Waals surface area (Å²) >= 11 is 0. The van der Waals surface area contributed by atoms with Gasteiger partial charge in [-0.1, -0.05) is 60.7 Å². The predicted octanol–water partition coefficient (Wildman–Crippen LogP) is 5.15. The molecule has 0 amide bonds. The molecule has 19 heavy (non-hydrogen) atoms. The Morgan fingerprint density at radius 2 is 1.37 bits per heavy atom. The average molecular weight is 240 g/mol. The molecule has 0 unspecified atom stereocenters. The molecule has 0 N–H and O–H groups in total. The van der Waals surface area contributed by atoms with E-state index in [1.165, 1.54) is 43.4 Å². The molecule has 0 radical (unpaired) electrons. The van der Waals surface area contributed by atoms with E-state index < -0.39 is 0 Å². The zero-order valence-corrected chi connectivity index (χ0v) is 10.5. The van der Waals surface area contributed by atoms with Gasteiger partial charge in [-0.3, -0.25) is 0 Å². The molecule has 88 valence electrons. The molecule has 1 aliphatic rings. The van der Waals surface area contributed by atoms with Crippen molar-refractivity contribution in [3.8, 4) is 0 Å².